The Balaban J connectivity index is 1.18. The van der Waals surface area contributed by atoms with E-state index in [1.165, 1.54) is 7.11 Å². The quantitative estimate of drug-likeness (QED) is 0.522. The summed E-state index contributed by atoms with van der Waals surface area (Å²) in [5, 5.41) is 12.6. The number of nitrogens with one attached hydrogen (secondary N) is 1. The van der Waals surface area contributed by atoms with E-state index in [9.17, 15) is 9.59 Å². The summed E-state index contributed by atoms with van der Waals surface area (Å²) >= 11 is 6.10. The minimum Gasteiger partial charge on any atom is -0.496 e. The molecule has 3 aliphatic rings. The van der Waals surface area contributed by atoms with Crippen molar-refractivity contribution in [1.29, 1.82) is 0 Å². The predicted molar refractivity (Wildman–Crippen MR) is 131 cm³/mol. The first-order valence-electron chi connectivity index (χ1n) is 12.2. The SMILES string of the molecule is COc1cc(N)c(Cl)cc1C(=O)NC1CCN(CC2CCN(C(=O)N3CC(CO)C3)CC2)CC1. The zero-order valence-electron chi connectivity index (χ0n) is 19.8. The van der Waals surface area contributed by atoms with Gasteiger partial charge in [0.05, 0.1) is 23.4 Å². The first-order chi connectivity index (χ1) is 16.4. The number of urea groups is 1. The Kier molecular flexibility index (Phi) is 8.06. The van der Waals surface area contributed by atoms with Crippen molar-refractivity contribution in [2.45, 2.75) is 31.7 Å². The van der Waals surface area contributed by atoms with Crippen molar-refractivity contribution in [3.8, 4) is 5.75 Å². The number of hydrogen-bond acceptors (Lipinski definition) is 6. The molecule has 0 spiro atoms. The molecule has 3 amide bonds. The number of benzene rings is 1. The van der Waals surface area contributed by atoms with Gasteiger partial charge in [0.25, 0.3) is 5.91 Å². The first-order valence-corrected chi connectivity index (χ1v) is 12.6. The number of rotatable bonds is 6. The number of amides is 3. The lowest BCUT2D eigenvalue weighted by Gasteiger charge is -2.43. The maximum Gasteiger partial charge on any atom is 0.320 e. The Bertz CT molecular complexity index is 878. The van der Waals surface area contributed by atoms with E-state index < -0.39 is 0 Å². The number of aliphatic hydroxyl groups is 1. The highest BCUT2D eigenvalue weighted by atomic mass is 35.5. The van der Waals surface area contributed by atoms with E-state index in [-0.39, 0.29) is 30.5 Å². The summed E-state index contributed by atoms with van der Waals surface area (Å²) in [6.45, 7) is 6.07. The van der Waals surface area contributed by atoms with Crippen molar-refractivity contribution >= 4 is 29.2 Å². The van der Waals surface area contributed by atoms with Gasteiger partial charge in [-0.1, -0.05) is 11.6 Å². The third-order valence-corrected chi connectivity index (χ3v) is 7.70. The summed E-state index contributed by atoms with van der Waals surface area (Å²) < 4.78 is 5.30. The number of likely N-dealkylation sites (tertiary alicyclic amines) is 3. The molecule has 4 rings (SSSR count). The number of methoxy groups -OCH3 is 1. The first kappa shape index (κ1) is 24.9. The van der Waals surface area contributed by atoms with E-state index in [4.69, 9.17) is 27.2 Å². The molecule has 4 N–H and O–H groups in total. The summed E-state index contributed by atoms with van der Waals surface area (Å²) in [6, 6.07) is 3.38. The number of anilines is 1. The van der Waals surface area contributed by atoms with Gasteiger partial charge in [0.15, 0.2) is 0 Å². The second-order valence-corrected chi connectivity index (χ2v) is 10.2. The van der Waals surface area contributed by atoms with Crippen molar-refractivity contribution in [1.82, 2.24) is 20.0 Å². The van der Waals surface area contributed by atoms with Gasteiger partial charge in [0.1, 0.15) is 5.75 Å². The molecular weight excluding hydrogens is 458 g/mol. The normalized spacial score (nSPS) is 20.8. The summed E-state index contributed by atoms with van der Waals surface area (Å²) in [6.07, 6.45) is 3.85. The molecule has 0 aliphatic carbocycles. The van der Waals surface area contributed by atoms with Crippen LogP contribution in [0, 0.1) is 11.8 Å². The van der Waals surface area contributed by atoms with Crippen LogP contribution >= 0.6 is 11.6 Å². The molecule has 3 saturated heterocycles. The van der Waals surface area contributed by atoms with Crippen LogP contribution in [-0.4, -0.2) is 97.3 Å². The van der Waals surface area contributed by atoms with E-state index in [1.807, 2.05) is 9.80 Å². The number of aliphatic hydroxyl groups excluding tert-OH is 1. The van der Waals surface area contributed by atoms with E-state index in [1.54, 1.807) is 12.1 Å². The lowest BCUT2D eigenvalue weighted by atomic mass is 9.94. The van der Waals surface area contributed by atoms with E-state index in [0.717, 1.165) is 58.4 Å². The van der Waals surface area contributed by atoms with Gasteiger partial charge >= 0.3 is 6.03 Å². The standard InChI is InChI=1S/C24H36ClN5O4/c1-34-22-11-21(26)20(25)10-19(22)23(32)27-18-4-6-28(7-5-18)12-16-2-8-29(9-3-16)24(33)30-13-17(14-30)15-31/h10-11,16-18,31H,2-9,12-15,26H2,1H3,(H,27,32). The topological polar surface area (TPSA) is 111 Å². The van der Waals surface area contributed by atoms with Crippen LogP contribution in [-0.2, 0) is 0 Å². The molecule has 0 bridgehead atoms. The Morgan fingerprint density at radius 2 is 1.76 bits per heavy atom. The smallest absolute Gasteiger partial charge is 0.320 e. The predicted octanol–water partition coefficient (Wildman–Crippen LogP) is 1.88. The van der Waals surface area contributed by atoms with Crippen molar-refractivity contribution in [3.05, 3.63) is 22.7 Å². The van der Waals surface area contributed by atoms with Crippen LogP contribution in [0.4, 0.5) is 10.5 Å². The Morgan fingerprint density at radius 1 is 1.09 bits per heavy atom. The van der Waals surface area contributed by atoms with Gasteiger partial charge in [-0.25, -0.2) is 4.79 Å². The maximum absolute atomic E-state index is 12.8. The van der Waals surface area contributed by atoms with Crippen LogP contribution < -0.4 is 15.8 Å². The number of hydrogen-bond donors (Lipinski definition) is 3. The third-order valence-electron chi connectivity index (χ3n) is 7.37. The summed E-state index contributed by atoms with van der Waals surface area (Å²) in [7, 11) is 1.51. The van der Waals surface area contributed by atoms with Crippen molar-refractivity contribution in [3.63, 3.8) is 0 Å². The summed E-state index contributed by atoms with van der Waals surface area (Å²) in [5.74, 6) is 1.07. The lowest BCUT2D eigenvalue weighted by Crippen LogP contribution is -2.57. The molecule has 1 aromatic carbocycles. The monoisotopic (exact) mass is 493 g/mol. The van der Waals surface area contributed by atoms with Gasteiger partial charge in [-0.3, -0.25) is 4.79 Å². The van der Waals surface area contributed by atoms with Gasteiger partial charge in [0, 0.05) is 70.4 Å². The van der Waals surface area contributed by atoms with Gasteiger partial charge in [0.2, 0.25) is 0 Å². The molecule has 0 aromatic heterocycles. The number of ether oxygens (including phenoxy) is 1. The highest BCUT2D eigenvalue weighted by Gasteiger charge is 2.34. The fraction of sp³-hybridized carbons (Fsp3) is 0.667. The average molecular weight is 494 g/mol. The number of carbonyl (C=O) groups excluding carboxylic acids is 2. The molecule has 1 aromatic rings. The van der Waals surface area contributed by atoms with Gasteiger partial charge in [-0.05, 0) is 37.7 Å². The van der Waals surface area contributed by atoms with Crippen molar-refractivity contribution < 1.29 is 19.4 Å². The average Bonchev–Trinajstić information content (AvgIpc) is 2.81. The van der Waals surface area contributed by atoms with Crippen LogP contribution in [0.15, 0.2) is 12.1 Å². The van der Waals surface area contributed by atoms with Crippen molar-refractivity contribution in [2.75, 3.05) is 65.3 Å². The Hall–Kier alpha value is -2.23. The zero-order chi connectivity index (χ0) is 24.2. The molecule has 0 saturated carbocycles. The van der Waals surface area contributed by atoms with E-state index in [0.29, 0.717) is 41.0 Å². The molecule has 34 heavy (non-hydrogen) atoms. The molecule has 3 fully saturated rings. The number of halogens is 1. The maximum atomic E-state index is 12.8. The van der Waals surface area contributed by atoms with Crippen LogP contribution in [0.1, 0.15) is 36.0 Å². The second-order valence-electron chi connectivity index (χ2n) is 9.79. The fourth-order valence-corrected chi connectivity index (χ4v) is 5.32. The van der Waals surface area contributed by atoms with Crippen LogP contribution in [0.3, 0.4) is 0 Å². The minimum atomic E-state index is -0.193. The third kappa shape index (κ3) is 5.70. The molecule has 0 unspecified atom stereocenters. The Morgan fingerprint density at radius 3 is 2.38 bits per heavy atom. The molecule has 0 atom stereocenters. The van der Waals surface area contributed by atoms with Gasteiger partial charge < -0.3 is 35.6 Å². The number of nitrogens with zero attached hydrogens (tertiary/aromatic N) is 3. The van der Waals surface area contributed by atoms with Gasteiger partial charge in [-0.15, -0.1) is 0 Å². The fourth-order valence-electron chi connectivity index (χ4n) is 5.15. The Labute approximate surface area is 206 Å². The molecule has 3 aliphatic heterocycles. The highest BCUT2D eigenvalue weighted by molar-refractivity contribution is 6.33. The summed E-state index contributed by atoms with van der Waals surface area (Å²) in [4.78, 5) is 31.6. The minimum absolute atomic E-state index is 0.114. The summed E-state index contributed by atoms with van der Waals surface area (Å²) in [5.41, 5.74) is 6.60. The lowest BCUT2D eigenvalue weighted by molar-refractivity contribution is 0.0505. The van der Waals surface area contributed by atoms with Crippen LogP contribution in [0.25, 0.3) is 0 Å². The number of nitrogen functional groups attached to an aromatic ring is 1. The molecule has 9 nitrogen and oxygen atoms in total. The zero-order valence-corrected chi connectivity index (χ0v) is 20.6. The molecule has 188 valence electrons. The number of carbonyl (C=O) groups is 2. The van der Waals surface area contributed by atoms with E-state index >= 15 is 0 Å². The number of piperidine rings is 2. The van der Waals surface area contributed by atoms with E-state index in [2.05, 4.69) is 10.2 Å². The highest BCUT2D eigenvalue weighted by Crippen LogP contribution is 2.29. The molecule has 10 heteroatoms. The van der Waals surface area contributed by atoms with Gasteiger partial charge in [-0.2, -0.15) is 0 Å². The van der Waals surface area contributed by atoms with Crippen LogP contribution in [0.2, 0.25) is 5.02 Å². The van der Waals surface area contributed by atoms with Crippen LogP contribution in [0.5, 0.6) is 5.75 Å². The molecule has 3 heterocycles. The second kappa shape index (κ2) is 11.0. The van der Waals surface area contributed by atoms with Crippen molar-refractivity contribution in [2.24, 2.45) is 11.8 Å². The molecular formula is C24H36ClN5O4. The molecule has 0 radical (unpaired) electrons. The number of nitrogens with two attached hydrogens (primary N) is 1. The largest absolute Gasteiger partial charge is 0.496 e.